The summed E-state index contributed by atoms with van der Waals surface area (Å²) < 4.78 is 0. The Labute approximate surface area is 102 Å². The maximum absolute atomic E-state index is 7.56. The number of allylic oxidation sites excluding steroid dienone is 2. The fraction of sp³-hybridized carbons (Fsp3) is 0.250. The van der Waals surface area contributed by atoms with Crippen LogP contribution >= 0.6 is 24.4 Å². The van der Waals surface area contributed by atoms with Crippen LogP contribution in [0.3, 0.4) is 0 Å². The van der Waals surface area contributed by atoms with E-state index in [0.29, 0.717) is 0 Å². The van der Waals surface area contributed by atoms with Crippen LogP contribution < -0.4 is 17.6 Å². The molecule has 0 unspecified atom stereocenters. The zero-order valence-electron chi connectivity index (χ0n) is 9.14. The van der Waals surface area contributed by atoms with Gasteiger partial charge in [-0.25, -0.2) is 0 Å². The summed E-state index contributed by atoms with van der Waals surface area (Å²) in [5, 5.41) is 14.1. The largest absolute Gasteiger partial charge is 0.487 e. The van der Waals surface area contributed by atoms with Crippen molar-refractivity contribution in [2.75, 3.05) is 0 Å². The molecule has 0 fully saturated rings. The van der Waals surface area contributed by atoms with Gasteiger partial charge in [-0.3, -0.25) is 0 Å². The molecule has 0 atom stereocenters. The van der Waals surface area contributed by atoms with Crippen LogP contribution in [-0.2, 0) is 0 Å². The molecule has 0 amide bonds. The van der Waals surface area contributed by atoms with Gasteiger partial charge < -0.3 is 27.8 Å². The minimum absolute atomic E-state index is 0. The molecule has 0 aromatic heterocycles. The Morgan fingerprint density at radius 1 is 1.00 bits per heavy atom. The topological polar surface area (TPSA) is 128 Å². The van der Waals surface area contributed by atoms with Crippen molar-refractivity contribution in [2.24, 2.45) is 11.5 Å². The predicted molar refractivity (Wildman–Crippen MR) is 75.6 cm³/mol. The van der Waals surface area contributed by atoms with E-state index in [1.54, 1.807) is 12.2 Å². The third-order valence-electron chi connectivity index (χ3n) is 0. The van der Waals surface area contributed by atoms with E-state index in [4.69, 9.17) is 10.2 Å². The lowest BCUT2D eigenvalue weighted by Gasteiger charge is -1.67. The van der Waals surface area contributed by atoms with Gasteiger partial charge in [0.1, 0.15) is 0 Å². The highest BCUT2D eigenvalue weighted by Crippen LogP contribution is 1.40. The predicted octanol–water partition coefficient (Wildman–Crippen LogP) is 2.12. The molecule has 15 heavy (non-hydrogen) atoms. The first-order valence-electron chi connectivity index (χ1n) is 3.40. The number of aliphatic hydroxyl groups is 2. The molecule has 7 heteroatoms. The van der Waals surface area contributed by atoms with Gasteiger partial charge in [0.05, 0.1) is 0 Å². The Hall–Kier alpha value is -1.18. The Morgan fingerprint density at radius 3 is 1.00 bits per heavy atom. The molecule has 0 saturated carbocycles. The van der Waals surface area contributed by atoms with Gasteiger partial charge in [-0.05, 0) is 38.3 Å². The van der Waals surface area contributed by atoms with E-state index >= 15 is 0 Å². The lowest BCUT2D eigenvalue weighted by Crippen LogP contribution is -2.03. The standard InChI is InChI=1S/2C3H6.2CH3NOS.H3N/c2*1-3-2;2*2-1(3)4;/h2*3H,1H2,2H3;2*(H3,2,3,4);1H3. The maximum Gasteiger partial charge on any atom is 0.251 e. The van der Waals surface area contributed by atoms with Crippen molar-refractivity contribution in [1.29, 1.82) is 0 Å². The van der Waals surface area contributed by atoms with Gasteiger partial charge in [0.2, 0.25) is 0 Å². The van der Waals surface area contributed by atoms with Crippen molar-refractivity contribution in [3.63, 3.8) is 0 Å². The van der Waals surface area contributed by atoms with E-state index in [1.807, 2.05) is 13.8 Å². The lowest BCUT2D eigenvalue weighted by atomic mass is 10.8. The average Bonchev–Trinajstić information content (AvgIpc) is 1.85. The van der Waals surface area contributed by atoms with Gasteiger partial charge in [-0.2, -0.15) is 0 Å². The number of rotatable bonds is 0. The monoisotopic (exact) mass is 255 g/mol. The fourth-order valence-corrected chi connectivity index (χ4v) is 0. The molecule has 0 spiro atoms. The number of aliphatic hydroxyl groups excluding tert-OH is 2. The normalized spacial score (nSPS) is 4.93. The highest BCUT2D eigenvalue weighted by molar-refractivity contribution is 7.80. The highest BCUT2D eigenvalue weighted by Gasteiger charge is 1.57. The molecule has 5 nitrogen and oxygen atoms in total. The minimum Gasteiger partial charge on any atom is -0.487 e. The third-order valence-corrected chi connectivity index (χ3v) is 0. The molecule has 0 rings (SSSR count). The van der Waals surface area contributed by atoms with Crippen LogP contribution in [0, 0.1) is 0 Å². The summed E-state index contributed by atoms with van der Waals surface area (Å²) in [7, 11) is 0. The van der Waals surface area contributed by atoms with Crippen LogP contribution in [0.4, 0.5) is 0 Å². The van der Waals surface area contributed by atoms with E-state index in [2.05, 4.69) is 49.1 Å². The first kappa shape index (κ1) is 29.2. The van der Waals surface area contributed by atoms with E-state index in [1.165, 1.54) is 0 Å². The van der Waals surface area contributed by atoms with Crippen molar-refractivity contribution >= 4 is 34.8 Å². The van der Waals surface area contributed by atoms with Gasteiger partial charge in [-0.1, -0.05) is 12.2 Å². The molecule has 0 heterocycles. The summed E-state index contributed by atoms with van der Waals surface area (Å²) in [6.45, 7) is 10.5. The SMILES string of the molecule is C=CC.C=CC.N.NC(O)=S.NC(O)=S. The molecular weight excluding hydrogens is 234 g/mol. The van der Waals surface area contributed by atoms with E-state index in [-0.39, 0.29) is 6.15 Å². The third kappa shape index (κ3) is 1080. The van der Waals surface area contributed by atoms with Crippen LogP contribution in [0.5, 0.6) is 0 Å². The average molecular weight is 255 g/mol. The summed E-state index contributed by atoms with van der Waals surface area (Å²) in [4.78, 5) is 0. The summed E-state index contributed by atoms with van der Waals surface area (Å²) >= 11 is 7.74. The summed E-state index contributed by atoms with van der Waals surface area (Å²) in [5.41, 5.74) is 8.80. The number of hydrogen-bond donors (Lipinski definition) is 5. The Kier molecular flexibility index (Phi) is 75.0. The van der Waals surface area contributed by atoms with Gasteiger partial charge in [0, 0.05) is 0 Å². The molecule has 0 aromatic carbocycles. The van der Waals surface area contributed by atoms with Crippen molar-refractivity contribution in [2.45, 2.75) is 13.8 Å². The van der Waals surface area contributed by atoms with Crippen LogP contribution in [0.25, 0.3) is 0 Å². The molecule has 0 bridgehead atoms. The molecule has 0 aliphatic carbocycles. The lowest BCUT2D eigenvalue weighted by molar-refractivity contribution is 0.559. The second-order valence-electron chi connectivity index (χ2n) is 1.49. The van der Waals surface area contributed by atoms with Crippen molar-refractivity contribution in [1.82, 2.24) is 6.15 Å². The van der Waals surface area contributed by atoms with Gasteiger partial charge in [0.25, 0.3) is 10.3 Å². The maximum atomic E-state index is 7.56. The zero-order chi connectivity index (χ0) is 12.6. The summed E-state index contributed by atoms with van der Waals surface area (Å²) in [6.07, 6.45) is 3.50. The van der Waals surface area contributed by atoms with E-state index < -0.39 is 10.3 Å². The van der Waals surface area contributed by atoms with Crippen molar-refractivity contribution in [3.05, 3.63) is 25.3 Å². The Bertz CT molecular complexity index is 138. The van der Waals surface area contributed by atoms with Gasteiger partial charge in [0.15, 0.2) is 0 Å². The first-order chi connectivity index (χ1) is 6.29. The second kappa shape index (κ2) is 38.5. The van der Waals surface area contributed by atoms with E-state index in [0.717, 1.165) is 0 Å². The molecule has 0 aliphatic heterocycles. The van der Waals surface area contributed by atoms with Gasteiger partial charge in [-0.15, -0.1) is 13.2 Å². The molecule has 92 valence electrons. The first-order valence-corrected chi connectivity index (χ1v) is 4.22. The quantitative estimate of drug-likeness (QED) is 0.331. The minimum atomic E-state index is -0.500. The molecular formula is C8H21N3O2S2. The molecule has 0 aliphatic rings. The highest BCUT2D eigenvalue weighted by atomic mass is 32.1. The number of thiocarbonyl (C=S) groups is 2. The van der Waals surface area contributed by atoms with Crippen LogP contribution in [0.15, 0.2) is 25.3 Å². The number of nitrogens with two attached hydrogens (primary N) is 2. The molecule has 0 radical (unpaired) electrons. The van der Waals surface area contributed by atoms with Crippen molar-refractivity contribution in [3.8, 4) is 0 Å². The summed E-state index contributed by atoms with van der Waals surface area (Å²) in [6, 6.07) is 0. The van der Waals surface area contributed by atoms with Gasteiger partial charge >= 0.3 is 0 Å². The van der Waals surface area contributed by atoms with Crippen LogP contribution in [0.1, 0.15) is 13.8 Å². The van der Waals surface area contributed by atoms with E-state index in [9.17, 15) is 0 Å². The smallest absolute Gasteiger partial charge is 0.251 e. The van der Waals surface area contributed by atoms with Crippen LogP contribution in [-0.4, -0.2) is 20.6 Å². The second-order valence-corrected chi connectivity index (χ2v) is 2.33. The fourth-order valence-electron chi connectivity index (χ4n) is 0. The van der Waals surface area contributed by atoms with Crippen molar-refractivity contribution < 1.29 is 10.2 Å². The number of hydrogen-bond acceptors (Lipinski definition) is 3. The molecule has 0 saturated heterocycles. The Morgan fingerprint density at radius 2 is 1.00 bits per heavy atom. The van der Waals surface area contributed by atoms with Crippen LogP contribution in [0.2, 0.25) is 0 Å². The zero-order valence-corrected chi connectivity index (χ0v) is 10.8. The molecule has 0 aromatic rings. The molecule has 9 N–H and O–H groups in total. The summed E-state index contributed by atoms with van der Waals surface area (Å²) in [5.74, 6) is 0. The Balaban J connectivity index is -0.0000000293.